The second-order valence-corrected chi connectivity index (χ2v) is 6.92. The fourth-order valence-electron chi connectivity index (χ4n) is 1.77. The van der Waals surface area contributed by atoms with Crippen molar-refractivity contribution in [3.05, 3.63) is 49.7 Å². The van der Waals surface area contributed by atoms with Crippen LogP contribution in [0.25, 0.3) is 10.2 Å². The highest BCUT2D eigenvalue weighted by Crippen LogP contribution is 2.36. The molecule has 4 nitrogen and oxygen atoms in total. The topological polar surface area (TPSA) is 54.9 Å². The molecule has 0 radical (unpaired) electrons. The van der Waals surface area contributed by atoms with Gasteiger partial charge in [0.2, 0.25) is 0 Å². The van der Waals surface area contributed by atoms with Crippen LogP contribution in [0.15, 0.2) is 12.1 Å². The second-order valence-electron chi connectivity index (χ2n) is 4.40. The van der Waals surface area contributed by atoms with E-state index >= 15 is 0 Å². The monoisotopic (exact) mass is 427 g/mol. The van der Waals surface area contributed by atoms with Crippen molar-refractivity contribution in [3.8, 4) is 0 Å². The Labute approximate surface area is 157 Å². The van der Waals surface area contributed by atoms with Crippen molar-refractivity contribution in [2.75, 3.05) is 5.32 Å². The van der Waals surface area contributed by atoms with Crippen molar-refractivity contribution in [1.82, 2.24) is 9.97 Å². The Bertz CT molecular complexity index is 956. The lowest BCUT2D eigenvalue weighted by atomic mass is 10.3. The van der Waals surface area contributed by atoms with Crippen molar-refractivity contribution < 1.29 is 13.6 Å². The Morgan fingerprint density at radius 3 is 2.38 bits per heavy atom. The summed E-state index contributed by atoms with van der Waals surface area (Å²) >= 11 is 24.3. The van der Waals surface area contributed by atoms with E-state index in [4.69, 9.17) is 46.4 Å². The first kappa shape index (κ1) is 17.6. The molecule has 24 heavy (non-hydrogen) atoms. The number of amides is 1. The number of carbonyl (C=O) groups excluding carboxylic acids is 1. The SMILES string of the molecule is O=C(Nc1nc2cc(F)c(F)cc2s1)c1nc(Cl)c(Cl)c(Cl)c1Cl. The van der Waals surface area contributed by atoms with E-state index in [0.29, 0.717) is 4.70 Å². The molecule has 124 valence electrons. The van der Waals surface area contributed by atoms with Gasteiger partial charge < -0.3 is 0 Å². The van der Waals surface area contributed by atoms with Crippen LogP contribution in [0.2, 0.25) is 20.2 Å². The summed E-state index contributed by atoms with van der Waals surface area (Å²) in [5.41, 5.74) is -0.0619. The molecule has 0 fully saturated rings. The van der Waals surface area contributed by atoms with Gasteiger partial charge in [0, 0.05) is 6.07 Å². The van der Waals surface area contributed by atoms with Crippen LogP contribution < -0.4 is 5.32 Å². The highest BCUT2D eigenvalue weighted by atomic mass is 35.5. The van der Waals surface area contributed by atoms with Crippen LogP contribution in [-0.2, 0) is 0 Å². The summed E-state index contributed by atoms with van der Waals surface area (Å²) in [5.74, 6) is -2.79. The van der Waals surface area contributed by atoms with Gasteiger partial charge in [-0.1, -0.05) is 57.7 Å². The molecular formula is C13H3Cl4F2N3OS. The number of pyridine rings is 1. The average Bonchev–Trinajstić information content (AvgIpc) is 2.90. The maximum Gasteiger partial charge on any atom is 0.277 e. The van der Waals surface area contributed by atoms with E-state index in [1.165, 1.54) is 0 Å². The molecule has 0 aliphatic carbocycles. The summed E-state index contributed by atoms with van der Waals surface area (Å²) in [7, 11) is 0. The van der Waals surface area contributed by atoms with Gasteiger partial charge >= 0.3 is 0 Å². The second kappa shape index (κ2) is 6.57. The Balaban J connectivity index is 1.96. The van der Waals surface area contributed by atoms with E-state index in [-0.39, 0.29) is 36.6 Å². The van der Waals surface area contributed by atoms with Gasteiger partial charge in [0.25, 0.3) is 5.91 Å². The minimum Gasteiger partial charge on any atom is -0.296 e. The van der Waals surface area contributed by atoms with E-state index in [1.807, 2.05) is 0 Å². The van der Waals surface area contributed by atoms with Gasteiger partial charge in [-0.2, -0.15) is 0 Å². The molecule has 0 bridgehead atoms. The number of anilines is 1. The summed E-state index contributed by atoms with van der Waals surface area (Å²) < 4.78 is 26.8. The van der Waals surface area contributed by atoms with Crippen molar-refractivity contribution >= 4 is 79.0 Å². The molecule has 0 saturated carbocycles. The van der Waals surface area contributed by atoms with Crippen LogP contribution >= 0.6 is 57.7 Å². The van der Waals surface area contributed by atoms with Crippen LogP contribution in [0.4, 0.5) is 13.9 Å². The highest BCUT2D eigenvalue weighted by molar-refractivity contribution is 7.22. The van der Waals surface area contributed by atoms with E-state index < -0.39 is 17.5 Å². The molecule has 3 rings (SSSR count). The quantitative estimate of drug-likeness (QED) is 0.522. The summed E-state index contributed by atoms with van der Waals surface area (Å²) in [6.07, 6.45) is 0. The third-order valence-corrected chi connectivity index (χ3v) is 5.46. The van der Waals surface area contributed by atoms with E-state index in [0.717, 1.165) is 23.5 Å². The van der Waals surface area contributed by atoms with Gasteiger partial charge in [-0.25, -0.2) is 18.7 Å². The number of rotatable bonds is 2. The molecule has 1 N–H and O–H groups in total. The molecule has 11 heteroatoms. The highest BCUT2D eigenvalue weighted by Gasteiger charge is 2.21. The lowest BCUT2D eigenvalue weighted by molar-refractivity contribution is 0.102. The van der Waals surface area contributed by atoms with Crippen molar-refractivity contribution in [2.45, 2.75) is 0 Å². The molecule has 0 saturated heterocycles. The van der Waals surface area contributed by atoms with Crippen LogP contribution in [0, 0.1) is 11.6 Å². The zero-order chi connectivity index (χ0) is 17.6. The number of carbonyl (C=O) groups is 1. The van der Waals surface area contributed by atoms with Gasteiger partial charge in [0.05, 0.1) is 25.3 Å². The fraction of sp³-hybridized carbons (Fsp3) is 0. The number of nitrogens with zero attached hydrogens (tertiary/aromatic N) is 2. The summed E-state index contributed by atoms with van der Waals surface area (Å²) in [6, 6.07) is 1.91. The molecule has 2 aromatic heterocycles. The molecule has 0 aliphatic heterocycles. The summed E-state index contributed by atoms with van der Waals surface area (Å²) in [4.78, 5) is 20.0. The normalized spacial score (nSPS) is 11.1. The van der Waals surface area contributed by atoms with E-state index in [9.17, 15) is 13.6 Å². The molecule has 0 atom stereocenters. The predicted molar refractivity (Wildman–Crippen MR) is 91.8 cm³/mol. The van der Waals surface area contributed by atoms with Crippen LogP contribution in [-0.4, -0.2) is 15.9 Å². The first-order chi connectivity index (χ1) is 11.3. The molecule has 2 heterocycles. The van der Waals surface area contributed by atoms with Crippen molar-refractivity contribution in [3.63, 3.8) is 0 Å². The minimum atomic E-state index is -1.04. The zero-order valence-electron chi connectivity index (χ0n) is 11.1. The third-order valence-electron chi connectivity index (χ3n) is 2.85. The number of halogens is 6. The lowest BCUT2D eigenvalue weighted by Gasteiger charge is -2.07. The van der Waals surface area contributed by atoms with Crippen LogP contribution in [0.1, 0.15) is 10.5 Å². The molecule has 1 amide bonds. The van der Waals surface area contributed by atoms with E-state index in [2.05, 4.69) is 15.3 Å². The number of hydrogen-bond donors (Lipinski definition) is 1. The van der Waals surface area contributed by atoms with Crippen LogP contribution in [0.3, 0.4) is 0 Å². The van der Waals surface area contributed by atoms with Gasteiger partial charge in [0.15, 0.2) is 22.5 Å². The fourth-order valence-corrected chi connectivity index (χ4v) is 3.45. The van der Waals surface area contributed by atoms with Crippen molar-refractivity contribution in [1.29, 1.82) is 0 Å². The Morgan fingerprint density at radius 1 is 1.00 bits per heavy atom. The molecule has 3 aromatic rings. The Hall–Kier alpha value is -1.25. The first-order valence-electron chi connectivity index (χ1n) is 6.05. The number of hydrogen-bond acceptors (Lipinski definition) is 4. The standard InChI is InChI=1S/C13H3Cl4F2N3OS/c14-7-8(15)10(21-11(17)9(7)16)12(23)22-13-20-5-1-3(18)4(19)2-6(5)24-13/h1-2H,(H,20,22,23). The van der Waals surface area contributed by atoms with Gasteiger partial charge in [-0.3, -0.25) is 10.1 Å². The summed E-state index contributed by atoms with van der Waals surface area (Å²) in [5, 5.41) is 1.95. The zero-order valence-corrected chi connectivity index (χ0v) is 15.0. The maximum absolute atomic E-state index is 13.2. The number of nitrogens with one attached hydrogen (secondary N) is 1. The minimum absolute atomic E-state index is 0.0779. The molecule has 1 aromatic carbocycles. The summed E-state index contributed by atoms with van der Waals surface area (Å²) in [6.45, 7) is 0. The number of fused-ring (bicyclic) bond motifs is 1. The van der Waals surface area contributed by atoms with E-state index in [1.54, 1.807) is 0 Å². The maximum atomic E-state index is 13.2. The van der Waals surface area contributed by atoms with Gasteiger partial charge in [0.1, 0.15) is 5.15 Å². The molecule has 0 aliphatic rings. The predicted octanol–water partition coefficient (Wildman–Crippen LogP) is 5.84. The third kappa shape index (κ3) is 3.14. The lowest BCUT2D eigenvalue weighted by Crippen LogP contribution is -2.14. The largest absolute Gasteiger partial charge is 0.296 e. The molecule has 0 unspecified atom stereocenters. The van der Waals surface area contributed by atoms with Gasteiger partial charge in [-0.05, 0) is 6.07 Å². The molecular weight excluding hydrogens is 426 g/mol. The van der Waals surface area contributed by atoms with Crippen LogP contribution in [0.5, 0.6) is 0 Å². The Kier molecular flexibility index (Phi) is 4.81. The first-order valence-corrected chi connectivity index (χ1v) is 8.37. The Morgan fingerprint density at radius 2 is 1.67 bits per heavy atom. The van der Waals surface area contributed by atoms with Gasteiger partial charge in [-0.15, -0.1) is 0 Å². The number of benzene rings is 1. The molecule has 0 spiro atoms. The average molecular weight is 429 g/mol. The number of aromatic nitrogens is 2. The number of thiazole rings is 1. The smallest absolute Gasteiger partial charge is 0.277 e. The van der Waals surface area contributed by atoms with Crippen molar-refractivity contribution in [2.24, 2.45) is 0 Å².